The predicted molar refractivity (Wildman–Crippen MR) is 104 cm³/mol. The topological polar surface area (TPSA) is 79.4 Å². The number of ether oxygens (including phenoxy) is 1. The van der Waals surface area contributed by atoms with Crippen molar-refractivity contribution < 1.29 is 9.53 Å². The van der Waals surface area contributed by atoms with E-state index >= 15 is 0 Å². The van der Waals surface area contributed by atoms with Gasteiger partial charge in [-0.05, 0) is 37.6 Å². The fourth-order valence-corrected chi connectivity index (χ4v) is 3.74. The Morgan fingerprint density at radius 2 is 2.07 bits per heavy atom. The summed E-state index contributed by atoms with van der Waals surface area (Å²) in [6.07, 6.45) is 4.65. The van der Waals surface area contributed by atoms with Crippen LogP contribution in [0.25, 0.3) is 0 Å². The number of carbonyl (C=O) groups is 1. The van der Waals surface area contributed by atoms with Crippen molar-refractivity contribution in [3.63, 3.8) is 0 Å². The second-order valence-corrected chi connectivity index (χ2v) is 7.27. The fourth-order valence-electron chi connectivity index (χ4n) is 3.74. The summed E-state index contributed by atoms with van der Waals surface area (Å²) in [4.78, 5) is 23.7. The molecule has 0 radical (unpaired) electrons. The molecule has 2 aliphatic rings. The molecule has 0 bridgehead atoms. The summed E-state index contributed by atoms with van der Waals surface area (Å²) < 4.78 is 5.79. The molecule has 1 saturated heterocycles. The number of rotatable bonds is 3. The van der Waals surface area contributed by atoms with Crippen LogP contribution in [0.5, 0.6) is 0 Å². The number of anilines is 2. The lowest BCUT2D eigenvalue weighted by Crippen LogP contribution is -2.45. The number of aromatic nitrogens is 2. The van der Waals surface area contributed by atoms with Gasteiger partial charge >= 0.3 is 0 Å². The predicted octanol–water partition coefficient (Wildman–Crippen LogP) is 1.99. The first-order valence-corrected chi connectivity index (χ1v) is 9.45. The fraction of sp³-hybridized carbons (Fsp3) is 0.450. The first-order chi connectivity index (χ1) is 13.1. The SMILES string of the molecule is CC1CN(c2ccnc(C(=O)Nc3cnc4c(c3)CNCC4)c2)CC(C)O1. The van der Waals surface area contributed by atoms with E-state index in [9.17, 15) is 4.79 Å². The Morgan fingerprint density at radius 3 is 2.89 bits per heavy atom. The Balaban J connectivity index is 1.49. The third-order valence-corrected chi connectivity index (χ3v) is 4.93. The highest BCUT2D eigenvalue weighted by Gasteiger charge is 2.23. The summed E-state index contributed by atoms with van der Waals surface area (Å²) >= 11 is 0. The Labute approximate surface area is 159 Å². The zero-order valence-corrected chi connectivity index (χ0v) is 15.7. The van der Waals surface area contributed by atoms with Gasteiger partial charge in [-0.25, -0.2) is 0 Å². The quantitative estimate of drug-likeness (QED) is 0.864. The van der Waals surface area contributed by atoms with Crippen LogP contribution in [-0.4, -0.2) is 47.7 Å². The van der Waals surface area contributed by atoms with E-state index in [0.717, 1.165) is 49.5 Å². The summed E-state index contributed by atoms with van der Waals surface area (Å²) in [5.74, 6) is -0.225. The summed E-state index contributed by atoms with van der Waals surface area (Å²) in [5, 5.41) is 6.24. The minimum Gasteiger partial charge on any atom is -0.372 e. The number of nitrogens with zero attached hydrogens (tertiary/aromatic N) is 3. The van der Waals surface area contributed by atoms with E-state index in [1.54, 1.807) is 12.4 Å². The van der Waals surface area contributed by atoms with E-state index in [1.807, 2.05) is 18.2 Å². The van der Waals surface area contributed by atoms with Crippen molar-refractivity contribution >= 4 is 17.3 Å². The maximum atomic E-state index is 12.7. The Morgan fingerprint density at radius 1 is 1.26 bits per heavy atom. The van der Waals surface area contributed by atoms with Gasteiger partial charge in [-0.1, -0.05) is 0 Å². The molecule has 0 saturated carbocycles. The maximum Gasteiger partial charge on any atom is 0.274 e. The molecule has 142 valence electrons. The molecule has 0 aliphatic carbocycles. The van der Waals surface area contributed by atoms with E-state index in [-0.39, 0.29) is 18.1 Å². The molecule has 27 heavy (non-hydrogen) atoms. The number of hydrogen-bond acceptors (Lipinski definition) is 6. The molecule has 0 spiro atoms. The van der Waals surface area contributed by atoms with Crippen molar-refractivity contribution in [1.29, 1.82) is 0 Å². The zero-order chi connectivity index (χ0) is 18.8. The smallest absolute Gasteiger partial charge is 0.274 e. The summed E-state index contributed by atoms with van der Waals surface area (Å²) in [7, 11) is 0. The second-order valence-electron chi connectivity index (χ2n) is 7.27. The van der Waals surface area contributed by atoms with E-state index in [1.165, 1.54) is 0 Å². The maximum absolute atomic E-state index is 12.7. The summed E-state index contributed by atoms with van der Waals surface area (Å²) in [5.41, 5.74) is 4.32. The molecule has 2 aliphatic heterocycles. The van der Waals surface area contributed by atoms with Crippen molar-refractivity contribution in [3.05, 3.63) is 47.5 Å². The first-order valence-electron chi connectivity index (χ1n) is 9.45. The van der Waals surface area contributed by atoms with Crippen LogP contribution in [0.3, 0.4) is 0 Å². The number of pyridine rings is 2. The van der Waals surface area contributed by atoms with Crippen molar-refractivity contribution in [3.8, 4) is 0 Å². The van der Waals surface area contributed by atoms with Crippen LogP contribution in [0.1, 0.15) is 35.6 Å². The number of hydrogen-bond donors (Lipinski definition) is 2. The minimum absolute atomic E-state index is 0.161. The van der Waals surface area contributed by atoms with E-state index in [4.69, 9.17) is 4.74 Å². The normalized spacial score (nSPS) is 22.2. The van der Waals surface area contributed by atoms with Crippen molar-refractivity contribution in [2.24, 2.45) is 0 Å². The molecule has 7 heteroatoms. The lowest BCUT2D eigenvalue weighted by molar-refractivity contribution is -0.00522. The van der Waals surface area contributed by atoms with Gasteiger partial charge in [0, 0.05) is 50.2 Å². The third-order valence-electron chi connectivity index (χ3n) is 4.93. The number of carbonyl (C=O) groups excluding carboxylic acids is 1. The van der Waals surface area contributed by atoms with Crippen molar-refractivity contribution in [1.82, 2.24) is 15.3 Å². The average molecular weight is 367 g/mol. The molecule has 2 aromatic rings. The number of nitrogens with one attached hydrogen (secondary N) is 2. The number of morpholine rings is 1. The monoisotopic (exact) mass is 367 g/mol. The zero-order valence-electron chi connectivity index (χ0n) is 15.7. The molecule has 2 atom stereocenters. The molecule has 2 aromatic heterocycles. The molecule has 0 aromatic carbocycles. The molecule has 2 N–H and O–H groups in total. The second kappa shape index (κ2) is 7.62. The highest BCUT2D eigenvalue weighted by molar-refractivity contribution is 6.03. The minimum atomic E-state index is -0.225. The van der Waals surface area contributed by atoms with Crippen LogP contribution in [0, 0.1) is 0 Å². The van der Waals surface area contributed by atoms with Crippen molar-refractivity contribution in [2.45, 2.75) is 39.0 Å². The molecule has 1 amide bonds. The van der Waals surface area contributed by atoms with Crippen LogP contribution in [0.2, 0.25) is 0 Å². The molecular formula is C20H25N5O2. The molecule has 2 unspecified atom stereocenters. The molecular weight excluding hydrogens is 342 g/mol. The van der Waals surface area contributed by atoms with Crippen LogP contribution in [0.15, 0.2) is 30.6 Å². The molecule has 1 fully saturated rings. The van der Waals surface area contributed by atoms with E-state index in [2.05, 4.69) is 39.3 Å². The standard InChI is InChI=1S/C20H25N5O2/c1-13-11-25(12-14(2)27-13)17-3-6-22-19(8-17)20(26)24-16-7-15-9-21-5-4-18(15)23-10-16/h3,6-8,10,13-14,21H,4-5,9,11-12H2,1-2H3,(H,24,26). The first kappa shape index (κ1) is 17.9. The van der Waals surface area contributed by atoms with Crippen LogP contribution >= 0.6 is 0 Å². The molecule has 7 nitrogen and oxygen atoms in total. The lowest BCUT2D eigenvalue weighted by Gasteiger charge is -2.36. The third kappa shape index (κ3) is 4.09. The van der Waals surface area contributed by atoms with Crippen molar-refractivity contribution in [2.75, 3.05) is 29.9 Å². The summed E-state index contributed by atoms with van der Waals surface area (Å²) in [6.45, 7) is 7.47. The van der Waals surface area contributed by atoms with Gasteiger partial charge in [0.05, 0.1) is 24.1 Å². The van der Waals surface area contributed by atoms with Gasteiger partial charge in [-0.2, -0.15) is 0 Å². The lowest BCUT2D eigenvalue weighted by atomic mass is 10.1. The van der Waals surface area contributed by atoms with Gasteiger partial charge in [0.25, 0.3) is 5.91 Å². The van der Waals surface area contributed by atoms with Gasteiger partial charge in [0.15, 0.2) is 0 Å². The van der Waals surface area contributed by atoms with Gasteiger partial charge in [0.1, 0.15) is 5.69 Å². The van der Waals surface area contributed by atoms with Crippen LogP contribution in [-0.2, 0) is 17.7 Å². The van der Waals surface area contributed by atoms with Gasteiger partial charge < -0.3 is 20.3 Å². The van der Waals surface area contributed by atoms with E-state index in [0.29, 0.717) is 11.4 Å². The van der Waals surface area contributed by atoms with Gasteiger partial charge in [-0.15, -0.1) is 0 Å². The van der Waals surface area contributed by atoms with E-state index < -0.39 is 0 Å². The molecule has 4 rings (SSSR count). The van der Waals surface area contributed by atoms with Gasteiger partial charge in [-0.3, -0.25) is 14.8 Å². The average Bonchev–Trinajstić information content (AvgIpc) is 2.67. The van der Waals surface area contributed by atoms with Crippen LogP contribution in [0.4, 0.5) is 11.4 Å². The Kier molecular flexibility index (Phi) is 5.05. The highest BCUT2D eigenvalue weighted by Crippen LogP contribution is 2.21. The number of amides is 1. The highest BCUT2D eigenvalue weighted by atomic mass is 16.5. The van der Waals surface area contributed by atoms with Gasteiger partial charge in [0.2, 0.25) is 0 Å². The number of fused-ring (bicyclic) bond motifs is 1. The Bertz CT molecular complexity index is 831. The largest absolute Gasteiger partial charge is 0.372 e. The summed E-state index contributed by atoms with van der Waals surface area (Å²) in [6, 6.07) is 5.77. The molecule has 4 heterocycles. The van der Waals surface area contributed by atoms with Crippen LogP contribution < -0.4 is 15.5 Å². The Hall–Kier alpha value is -2.51.